The van der Waals surface area contributed by atoms with Crippen molar-refractivity contribution in [3.8, 4) is 0 Å². The highest BCUT2D eigenvalue weighted by Crippen LogP contribution is 2.34. The maximum Gasteiger partial charge on any atom is 0.223 e. The second-order valence-corrected chi connectivity index (χ2v) is 3.68. The van der Waals surface area contributed by atoms with E-state index in [4.69, 9.17) is 0 Å². The molecule has 1 N–H and O–H groups in total. The standard InChI is InChI=1S/C11H12FNO2/c1-7(14)13-5-4-11(15)9-6-8(12)2-3-10(9)13/h2-3,6,11,15H,4-5H2,1H3/t11-/m0/s1. The maximum atomic E-state index is 13.0. The Morgan fingerprint density at radius 3 is 3.00 bits per heavy atom. The highest BCUT2D eigenvalue weighted by atomic mass is 19.1. The minimum absolute atomic E-state index is 0.0882. The second-order valence-electron chi connectivity index (χ2n) is 3.68. The number of nitrogens with zero attached hydrogens (tertiary/aromatic N) is 1. The third kappa shape index (κ3) is 1.72. The normalized spacial score (nSPS) is 19.9. The van der Waals surface area contributed by atoms with Crippen molar-refractivity contribution in [2.75, 3.05) is 11.4 Å². The van der Waals surface area contributed by atoms with Gasteiger partial charge in [0.05, 0.1) is 6.10 Å². The van der Waals surface area contributed by atoms with E-state index in [0.717, 1.165) is 0 Å². The molecule has 1 amide bonds. The van der Waals surface area contributed by atoms with Crippen LogP contribution in [0.3, 0.4) is 0 Å². The van der Waals surface area contributed by atoms with E-state index in [2.05, 4.69) is 0 Å². The molecular weight excluding hydrogens is 197 g/mol. The van der Waals surface area contributed by atoms with Crippen LogP contribution in [0.15, 0.2) is 18.2 Å². The molecule has 4 heteroatoms. The molecule has 1 aromatic rings. The number of carbonyl (C=O) groups is 1. The number of rotatable bonds is 0. The van der Waals surface area contributed by atoms with Gasteiger partial charge in [-0.25, -0.2) is 4.39 Å². The van der Waals surface area contributed by atoms with E-state index in [1.165, 1.54) is 25.1 Å². The van der Waals surface area contributed by atoms with Crippen molar-refractivity contribution in [1.29, 1.82) is 0 Å². The summed E-state index contributed by atoms with van der Waals surface area (Å²) in [5, 5.41) is 9.68. The highest BCUT2D eigenvalue weighted by molar-refractivity contribution is 5.92. The number of halogens is 1. The lowest BCUT2D eigenvalue weighted by Gasteiger charge is -2.31. The van der Waals surface area contributed by atoms with Crippen LogP contribution in [0, 0.1) is 5.82 Å². The average Bonchev–Trinajstić information content (AvgIpc) is 2.19. The molecular formula is C11H12FNO2. The Morgan fingerprint density at radius 1 is 1.60 bits per heavy atom. The Bertz CT molecular complexity index is 406. The fourth-order valence-electron chi connectivity index (χ4n) is 1.89. The molecule has 0 radical (unpaired) electrons. The van der Waals surface area contributed by atoms with Crippen LogP contribution >= 0.6 is 0 Å². The summed E-state index contributed by atoms with van der Waals surface area (Å²) in [5.41, 5.74) is 1.11. The summed E-state index contributed by atoms with van der Waals surface area (Å²) in [6.07, 6.45) is -0.220. The van der Waals surface area contributed by atoms with Gasteiger partial charge in [0.15, 0.2) is 0 Å². The van der Waals surface area contributed by atoms with Gasteiger partial charge in [-0.1, -0.05) is 0 Å². The summed E-state index contributed by atoms with van der Waals surface area (Å²) in [4.78, 5) is 12.9. The summed E-state index contributed by atoms with van der Waals surface area (Å²) in [6.45, 7) is 1.94. The van der Waals surface area contributed by atoms with E-state index in [-0.39, 0.29) is 5.91 Å². The molecule has 2 rings (SSSR count). The predicted octanol–water partition coefficient (Wildman–Crippen LogP) is 1.62. The third-order valence-electron chi connectivity index (χ3n) is 2.65. The number of anilines is 1. The van der Waals surface area contributed by atoms with Crippen molar-refractivity contribution < 1.29 is 14.3 Å². The molecule has 0 spiro atoms. The molecule has 1 atom stereocenters. The number of aliphatic hydroxyl groups excluding tert-OH is 1. The van der Waals surface area contributed by atoms with E-state index >= 15 is 0 Å². The molecule has 1 aromatic carbocycles. The fraction of sp³-hybridized carbons (Fsp3) is 0.364. The summed E-state index contributed by atoms with van der Waals surface area (Å²) in [6, 6.07) is 4.12. The second kappa shape index (κ2) is 3.62. The monoisotopic (exact) mass is 209 g/mol. The number of amides is 1. The van der Waals surface area contributed by atoms with Crippen LogP contribution in [0.25, 0.3) is 0 Å². The van der Waals surface area contributed by atoms with Gasteiger partial charge in [0.2, 0.25) is 5.91 Å². The lowest BCUT2D eigenvalue weighted by atomic mass is 9.99. The van der Waals surface area contributed by atoms with Gasteiger partial charge in [0.25, 0.3) is 0 Å². The maximum absolute atomic E-state index is 13.0. The van der Waals surface area contributed by atoms with Gasteiger partial charge in [0.1, 0.15) is 5.82 Å². The van der Waals surface area contributed by atoms with Crippen LogP contribution in [0.5, 0.6) is 0 Å². The molecule has 0 bridgehead atoms. The largest absolute Gasteiger partial charge is 0.388 e. The first-order chi connectivity index (χ1) is 7.09. The lowest BCUT2D eigenvalue weighted by Crippen LogP contribution is -2.35. The van der Waals surface area contributed by atoms with Crippen LogP contribution in [0.1, 0.15) is 25.0 Å². The Kier molecular flexibility index (Phi) is 2.44. The molecule has 0 fully saturated rings. The molecule has 1 aliphatic heterocycles. The predicted molar refractivity (Wildman–Crippen MR) is 54.0 cm³/mol. The lowest BCUT2D eigenvalue weighted by molar-refractivity contribution is -0.116. The smallest absolute Gasteiger partial charge is 0.223 e. The molecule has 0 saturated heterocycles. The Hall–Kier alpha value is -1.42. The molecule has 1 heterocycles. The minimum atomic E-state index is -0.675. The quantitative estimate of drug-likeness (QED) is 0.705. The van der Waals surface area contributed by atoms with Crippen molar-refractivity contribution in [3.63, 3.8) is 0 Å². The van der Waals surface area contributed by atoms with E-state index < -0.39 is 11.9 Å². The number of hydrogen-bond acceptors (Lipinski definition) is 2. The molecule has 0 unspecified atom stereocenters. The molecule has 0 aromatic heterocycles. The van der Waals surface area contributed by atoms with Gasteiger partial charge in [-0.2, -0.15) is 0 Å². The summed E-state index contributed by atoms with van der Waals surface area (Å²) in [7, 11) is 0. The highest BCUT2D eigenvalue weighted by Gasteiger charge is 2.25. The van der Waals surface area contributed by atoms with Crippen molar-refractivity contribution in [2.24, 2.45) is 0 Å². The van der Waals surface area contributed by atoms with E-state index in [9.17, 15) is 14.3 Å². The van der Waals surface area contributed by atoms with Gasteiger partial charge in [-0.3, -0.25) is 4.79 Å². The first-order valence-electron chi connectivity index (χ1n) is 4.85. The van der Waals surface area contributed by atoms with E-state index in [0.29, 0.717) is 24.2 Å². The third-order valence-corrected chi connectivity index (χ3v) is 2.65. The molecule has 3 nitrogen and oxygen atoms in total. The van der Waals surface area contributed by atoms with Gasteiger partial charge in [-0.05, 0) is 24.6 Å². The fourth-order valence-corrected chi connectivity index (χ4v) is 1.89. The first-order valence-corrected chi connectivity index (χ1v) is 4.85. The number of benzene rings is 1. The van der Waals surface area contributed by atoms with Gasteiger partial charge in [0, 0.05) is 24.7 Å². The van der Waals surface area contributed by atoms with Crippen molar-refractivity contribution >= 4 is 11.6 Å². The summed E-state index contributed by atoms with van der Waals surface area (Å²) >= 11 is 0. The number of fused-ring (bicyclic) bond motifs is 1. The number of carbonyl (C=O) groups excluding carboxylic acids is 1. The molecule has 0 saturated carbocycles. The molecule has 0 aliphatic carbocycles. The molecule has 1 aliphatic rings. The average molecular weight is 209 g/mol. The zero-order valence-corrected chi connectivity index (χ0v) is 8.40. The molecule has 15 heavy (non-hydrogen) atoms. The Balaban J connectivity index is 2.50. The van der Waals surface area contributed by atoms with Crippen LogP contribution in [-0.2, 0) is 4.79 Å². The van der Waals surface area contributed by atoms with Crippen molar-refractivity contribution in [1.82, 2.24) is 0 Å². The van der Waals surface area contributed by atoms with Gasteiger partial charge >= 0.3 is 0 Å². The minimum Gasteiger partial charge on any atom is -0.388 e. The Morgan fingerprint density at radius 2 is 2.33 bits per heavy atom. The number of hydrogen-bond donors (Lipinski definition) is 1. The van der Waals surface area contributed by atoms with Crippen LogP contribution in [-0.4, -0.2) is 17.6 Å². The van der Waals surface area contributed by atoms with Crippen molar-refractivity contribution in [3.05, 3.63) is 29.6 Å². The SMILES string of the molecule is CC(=O)N1CC[C@H](O)c2cc(F)ccc21. The zero-order valence-electron chi connectivity index (χ0n) is 8.40. The van der Waals surface area contributed by atoms with Crippen LogP contribution in [0.4, 0.5) is 10.1 Å². The van der Waals surface area contributed by atoms with Gasteiger partial charge in [-0.15, -0.1) is 0 Å². The van der Waals surface area contributed by atoms with Gasteiger partial charge < -0.3 is 10.0 Å². The van der Waals surface area contributed by atoms with Crippen LogP contribution in [0.2, 0.25) is 0 Å². The summed E-state index contributed by atoms with van der Waals surface area (Å²) < 4.78 is 13.0. The van der Waals surface area contributed by atoms with E-state index in [1.54, 1.807) is 4.90 Å². The Labute approximate surface area is 87.1 Å². The van der Waals surface area contributed by atoms with Crippen LogP contribution < -0.4 is 4.90 Å². The zero-order chi connectivity index (χ0) is 11.0. The first kappa shape index (κ1) is 10.1. The van der Waals surface area contributed by atoms with Crippen molar-refractivity contribution in [2.45, 2.75) is 19.4 Å². The summed E-state index contributed by atoms with van der Waals surface area (Å²) in [5.74, 6) is -0.479. The molecule has 80 valence electrons. The van der Waals surface area contributed by atoms with E-state index in [1.807, 2.05) is 0 Å². The topological polar surface area (TPSA) is 40.5 Å². The number of aliphatic hydroxyl groups is 1.